The number of ether oxygens (including phenoxy) is 1. The fourth-order valence-electron chi connectivity index (χ4n) is 2.92. The van der Waals surface area contributed by atoms with Crippen LogP contribution in [0.2, 0.25) is 0 Å². The monoisotopic (exact) mass is 438 g/mol. The molecule has 0 atom stereocenters. The second kappa shape index (κ2) is 9.01. The topological polar surface area (TPSA) is 102 Å². The predicted octanol–water partition coefficient (Wildman–Crippen LogP) is 4.14. The van der Waals surface area contributed by atoms with E-state index in [-0.39, 0.29) is 10.5 Å². The van der Waals surface area contributed by atoms with Crippen molar-refractivity contribution in [2.75, 3.05) is 17.1 Å². The number of methoxy groups -OCH3 is 1. The van der Waals surface area contributed by atoms with Crippen LogP contribution < -0.4 is 10.0 Å². The lowest BCUT2D eigenvalue weighted by Crippen LogP contribution is -2.17. The minimum absolute atomic E-state index is 0.152. The summed E-state index contributed by atoms with van der Waals surface area (Å²) in [5.41, 5.74) is 2.77. The number of aryl methyl sites for hydroxylation is 2. The number of esters is 1. The van der Waals surface area contributed by atoms with Gasteiger partial charge >= 0.3 is 5.97 Å². The van der Waals surface area contributed by atoms with Gasteiger partial charge in [0.15, 0.2) is 0 Å². The Kier molecular flexibility index (Phi) is 6.41. The van der Waals surface area contributed by atoms with Gasteiger partial charge in [0.05, 0.1) is 28.9 Å². The van der Waals surface area contributed by atoms with Crippen molar-refractivity contribution in [2.24, 2.45) is 0 Å². The standard InChI is InChI=1S/C23H22N2O5S/c1-15-8-11-18(12-9-15)31(28,29)25-20-13-10-17(14-16(20)2)22(26)24-21-7-5-4-6-19(21)23(27)30-3/h4-14,25H,1-3H3,(H,24,26). The molecule has 8 heteroatoms. The zero-order valence-electron chi connectivity index (χ0n) is 17.3. The van der Waals surface area contributed by atoms with Crippen LogP contribution in [0, 0.1) is 13.8 Å². The van der Waals surface area contributed by atoms with E-state index in [1.165, 1.54) is 31.4 Å². The van der Waals surface area contributed by atoms with Gasteiger partial charge < -0.3 is 10.1 Å². The maximum atomic E-state index is 12.7. The van der Waals surface area contributed by atoms with Crippen molar-refractivity contribution in [2.45, 2.75) is 18.7 Å². The molecule has 0 unspecified atom stereocenters. The summed E-state index contributed by atoms with van der Waals surface area (Å²) in [5, 5.41) is 2.69. The summed E-state index contributed by atoms with van der Waals surface area (Å²) in [6.07, 6.45) is 0. The average molecular weight is 439 g/mol. The van der Waals surface area contributed by atoms with Crippen molar-refractivity contribution < 1.29 is 22.7 Å². The highest BCUT2D eigenvalue weighted by atomic mass is 32.2. The van der Waals surface area contributed by atoms with Crippen molar-refractivity contribution >= 4 is 33.3 Å². The first-order chi connectivity index (χ1) is 14.7. The number of hydrogen-bond acceptors (Lipinski definition) is 5. The highest BCUT2D eigenvalue weighted by Crippen LogP contribution is 2.23. The number of carbonyl (C=O) groups excluding carboxylic acids is 2. The summed E-state index contributed by atoms with van der Waals surface area (Å²) < 4.78 is 32.5. The molecule has 0 aliphatic rings. The van der Waals surface area contributed by atoms with Gasteiger partial charge in [0.2, 0.25) is 0 Å². The van der Waals surface area contributed by atoms with Crippen LogP contribution in [-0.4, -0.2) is 27.4 Å². The first kappa shape index (κ1) is 22.0. The Bertz CT molecular complexity index is 1240. The molecule has 0 radical (unpaired) electrons. The molecule has 3 aromatic rings. The van der Waals surface area contributed by atoms with Crippen LogP contribution in [0.1, 0.15) is 31.8 Å². The molecule has 3 aromatic carbocycles. The predicted molar refractivity (Wildman–Crippen MR) is 119 cm³/mol. The smallest absolute Gasteiger partial charge is 0.339 e. The Hall–Kier alpha value is -3.65. The summed E-state index contributed by atoms with van der Waals surface area (Å²) >= 11 is 0. The zero-order chi connectivity index (χ0) is 22.6. The number of carbonyl (C=O) groups is 2. The van der Waals surface area contributed by atoms with Gasteiger partial charge in [0.25, 0.3) is 15.9 Å². The molecule has 0 aliphatic heterocycles. The van der Waals surface area contributed by atoms with E-state index < -0.39 is 21.9 Å². The van der Waals surface area contributed by atoms with Crippen LogP contribution in [0.25, 0.3) is 0 Å². The van der Waals surface area contributed by atoms with Gasteiger partial charge in [0, 0.05) is 5.56 Å². The van der Waals surface area contributed by atoms with Gasteiger partial charge in [-0.3, -0.25) is 9.52 Å². The lowest BCUT2D eigenvalue weighted by molar-refractivity contribution is 0.0602. The fraction of sp³-hybridized carbons (Fsp3) is 0.130. The van der Waals surface area contributed by atoms with Gasteiger partial charge in [-0.1, -0.05) is 29.8 Å². The second-order valence-electron chi connectivity index (χ2n) is 6.94. The van der Waals surface area contributed by atoms with E-state index in [4.69, 9.17) is 4.74 Å². The van der Waals surface area contributed by atoms with Crippen LogP contribution in [-0.2, 0) is 14.8 Å². The Morgan fingerprint density at radius 3 is 2.19 bits per heavy atom. The SMILES string of the molecule is COC(=O)c1ccccc1NC(=O)c1ccc(NS(=O)(=O)c2ccc(C)cc2)c(C)c1. The molecule has 7 nitrogen and oxygen atoms in total. The molecule has 0 aromatic heterocycles. The van der Waals surface area contributed by atoms with E-state index in [1.54, 1.807) is 49.4 Å². The van der Waals surface area contributed by atoms with Gasteiger partial charge in [-0.05, 0) is 61.9 Å². The number of anilines is 2. The van der Waals surface area contributed by atoms with E-state index in [9.17, 15) is 18.0 Å². The number of para-hydroxylation sites is 1. The maximum Gasteiger partial charge on any atom is 0.339 e. The normalized spacial score (nSPS) is 10.9. The van der Waals surface area contributed by atoms with Crippen LogP contribution in [0.5, 0.6) is 0 Å². The summed E-state index contributed by atoms with van der Waals surface area (Å²) in [5.74, 6) is -1.000. The molecular formula is C23H22N2O5S. The Labute approximate surface area is 181 Å². The van der Waals surface area contributed by atoms with Crippen molar-refractivity contribution in [3.05, 3.63) is 89.0 Å². The molecule has 1 amide bonds. The summed E-state index contributed by atoms with van der Waals surface area (Å²) in [6, 6.07) is 17.6. The maximum absolute atomic E-state index is 12.7. The molecule has 0 saturated carbocycles. The fourth-order valence-corrected chi connectivity index (χ4v) is 4.05. The van der Waals surface area contributed by atoms with Gasteiger partial charge in [-0.15, -0.1) is 0 Å². The van der Waals surface area contributed by atoms with Crippen molar-refractivity contribution in [1.29, 1.82) is 0 Å². The number of hydrogen-bond donors (Lipinski definition) is 2. The highest BCUT2D eigenvalue weighted by Gasteiger charge is 2.17. The molecule has 3 rings (SSSR count). The number of rotatable bonds is 6. The molecule has 160 valence electrons. The minimum atomic E-state index is -3.75. The lowest BCUT2D eigenvalue weighted by Gasteiger charge is -2.13. The Morgan fingerprint density at radius 1 is 0.871 bits per heavy atom. The van der Waals surface area contributed by atoms with E-state index in [0.29, 0.717) is 22.5 Å². The van der Waals surface area contributed by atoms with Crippen LogP contribution >= 0.6 is 0 Å². The Morgan fingerprint density at radius 2 is 1.55 bits per heavy atom. The highest BCUT2D eigenvalue weighted by molar-refractivity contribution is 7.92. The zero-order valence-corrected chi connectivity index (χ0v) is 18.1. The van der Waals surface area contributed by atoms with E-state index in [2.05, 4.69) is 10.0 Å². The third-order valence-corrected chi connectivity index (χ3v) is 6.03. The van der Waals surface area contributed by atoms with Crippen molar-refractivity contribution in [3.63, 3.8) is 0 Å². The van der Waals surface area contributed by atoms with Crippen LogP contribution in [0.15, 0.2) is 71.6 Å². The van der Waals surface area contributed by atoms with Gasteiger partial charge in [0.1, 0.15) is 0 Å². The third-order valence-electron chi connectivity index (χ3n) is 4.64. The molecule has 0 spiro atoms. The van der Waals surface area contributed by atoms with Crippen molar-refractivity contribution in [3.8, 4) is 0 Å². The molecule has 0 saturated heterocycles. The van der Waals surface area contributed by atoms with Crippen LogP contribution in [0.4, 0.5) is 11.4 Å². The second-order valence-corrected chi connectivity index (χ2v) is 8.62. The summed E-state index contributed by atoms with van der Waals surface area (Å²) in [6.45, 7) is 3.58. The van der Waals surface area contributed by atoms with Crippen LogP contribution in [0.3, 0.4) is 0 Å². The van der Waals surface area contributed by atoms with Gasteiger partial charge in [-0.2, -0.15) is 0 Å². The van der Waals surface area contributed by atoms with E-state index >= 15 is 0 Å². The first-order valence-electron chi connectivity index (χ1n) is 9.40. The number of benzene rings is 3. The molecular weight excluding hydrogens is 416 g/mol. The third kappa shape index (κ3) is 5.10. The molecule has 31 heavy (non-hydrogen) atoms. The van der Waals surface area contributed by atoms with Crippen molar-refractivity contribution in [1.82, 2.24) is 0 Å². The quantitative estimate of drug-likeness (QED) is 0.563. The molecule has 0 bridgehead atoms. The molecule has 2 N–H and O–H groups in total. The largest absolute Gasteiger partial charge is 0.465 e. The molecule has 0 aliphatic carbocycles. The minimum Gasteiger partial charge on any atom is -0.465 e. The van der Waals surface area contributed by atoms with E-state index in [1.807, 2.05) is 6.92 Å². The first-order valence-corrected chi connectivity index (χ1v) is 10.9. The summed E-state index contributed by atoms with van der Waals surface area (Å²) in [7, 11) is -2.49. The van der Waals surface area contributed by atoms with Gasteiger partial charge in [-0.25, -0.2) is 13.2 Å². The molecule has 0 heterocycles. The lowest BCUT2D eigenvalue weighted by atomic mass is 10.1. The Balaban J connectivity index is 1.80. The molecule has 0 fully saturated rings. The average Bonchev–Trinajstić information content (AvgIpc) is 2.75. The number of nitrogens with one attached hydrogen (secondary N) is 2. The number of sulfonamides is 1. The number of amides is 1. The summed E-state index contributed by atoms with van der Waals surface area (Å²) in [4.78, 5) is 24.7. The van der Waals surface area contributed by atoms with E-state index in [0.717, 1.165) is 5.56 Å².